The van der Waals surface area contributed by atoms with Gasteiger partial charge in [0.1, 0.15) is 0 Å². The highest BCUT2D eigenvalue weighted by molar-refractivity contribution is 5.79. The second-order valence-corrected chi connectivity index (χ2v) is 5.42. The van der Waals surface area contributed by atoms with Crippen LogP contribution in [0.4, 0.5) is 0 Å². The maximum Gasteiger partial charge on any atom is 0.236 e. The summed E-state index contributed by atoms with van der Waals surface area (Å²) < 4.78 is 0. The summed E-state index contributed by atoms with van der Waals surface area (Å²) in [6.07, 6.45) is 5.09. The predicted molar refractivity (Wildman–Crippen MR) is 60.0 cm³/mol. The van der Waals surface area contributed by atoms with Crippen LogP contribution >= 0.6 is 0 Å². The van der Waals surface area contributed by atoms with Crippen molar-refractivity contribution in [2.75, 3.05) is 19.6 Å². The Kier molecular flexibility index (Phi) is 2.64. The molecule has 1 amide bonds. The van der Waals surface area contributed by atoms with Crippen molar-refractivity contribution >= 4 is 5.91 Å². The van der Waals surface area contributed by atoms with E-state index in [2.05, 4.69) is 4.90 Å². The van der Waals surface area contributed by atoms with E-state index in [1.807, 2.05) is 4.90 Å². The molecule has 2 unspecified atom stereocenters. The van der Waals surface area contributed by atoms with Crippen LogP contribution in [0.15, 0.2) is 0 Å². The summed E-state index contributed by atoms with van der Waals surface area (Å²) in [5.74, 6) is 0.291. The van der Waals surface area contributed by atoms with Crippen LogP contribution in [-0.4, -0.2) is 58.6 Å². The standard InChI is InChI=1S/C12H20N2O2/c15-11-6-9-2-3-10(7-11)14(9)8-12(16)13-4-1-5-13/h9-11,15H,1-8H2. The summed E-state index contributed by atoms with van der Waals surface area (Å²) in [6, 6.07) is 0.915. The molecular weight excluding hydrogens is 204 g/mol. The largest absolute Gasteiger partial charge is 0.393 e. The van der Waals surface area contributed by atoms with Gasteiger partial charge in [-0.25, -0.2) is 0 Å². The van der Waals surface area contributed by atoms with E-state index in [4.69, 9.17) is 0 Å². The predicted octanol–water partition coefficient (Wildman–Crippen LogP) is 0.206. The van der Waals surface area contributed by atoms with Crippen LogP contribution in [0, 0.1) is 0 Å². The van der Waals surface area contributed by atoms with Gasteiger partial charge in [0.15, 0.2) is 0 Å². The molecule has 2 bridgehead atoms. The zero-order chi connectivity index (χ0) is 11.1. The number of hydrogen-bond donors (Lipinski definition) is 1. The molecular formula is C12H20N2O2. The molecule has 3 saturated heterocycles. The van der Waals surface area contributed by atoms with E-state index < -0.39 is 0 Å². The molecule has 3 heterocycles. The number of piperidine rings is 1. The maximum atomic E-state index is 11.9. The van der Waals surface area contributed by atoms with E-state index in [9.17, 15) is 9.90 Å². The molecule has 4 nitrogen and oxygen atoms in total. The molecule has 1 N–H and O–H groups in total. The minimum atomic E-state index is -0.132. The average molecular weight is 224 g/mol. The molecule has 0 spiro atoms. The van der Waals surface area contributed by atoms with Gasteiger partial charge in [-0.05, 0) is 32.1 Å². The van der Waals surface area contributed by atoms with Gasteiger partial charge in [-0.15, -0.1) is 0 Å². The number of fused-ring (bicyclic) bond motifs is 2. The molecule has 0 aromatic rings. The van der Waals surface area contributed by atoms with Crippen molar-refractivity contribution < 1.29 is 9.90 Å². The molecule has 4 heteroatoms. The molecule has 90 valence electrons. The Bertz CT molecular complexity index is 277. The third kappa shape index (κ3) is 1.74. The first-order chi connectivity index (χ1) is 7.74. The number of rotatable bonds is 2. The SMILES string of the molecule is O=C(CN1C2CCC1CC(O)C2)N1CCC1. The highest BCUT2D eigenvalue weighted by Gasteiger charge is 2.41. The quantitative estimate of drug-likeness (QED) is 0.729. The number of aliphatic hydroxyl groups excluding tert-OH is 1. The lowest BCUT2D eigenvalue weighted by Crippen LogP contribution is -2.52. The number of amides is 1. The van der Waals surface area contributed by atoms with Crippen molar-refractivity contribution in [3.05, 3.63) is 0 Å². The first kappa shape index (κ1) is 10.5. The van der Waals surface area contributed by atoms with E-state index in [1.165, 1.54) is 0 Å². The van der Waals surface area contributed by atoms with Gasteiger partial charge in [-0.1, -0.05) is 0 Å². The van der Waals surface area contributed by atoms with Crippen molar-refractivity contribution in [1.29, 1.82) is 0 Å². The van der Waals surface area contributed by atoms with Gasteiger partial charge in [-0.2, -0.15) is 0 Å². The van der Waals surface area contributed by atoms with E-state index in [0.29, 0.717) is 24.5 Å². The average Bonchev–Trinajstić information content (AvgIpc) is 2.42. The fourth-order valence-corrected chi connectivity index (χ4v) is 3.33. The molecule has 2 atom stereocenters. The highest BCUT2D eigenvalue weighted by atomic mass is 16.3. The van der Waals surface area contributed by atoms with Crippen LogP contribution in [0.5, 0.6) is 0 Å². The molecule has 0 radical (unpaired) electrons. The third-order valence-corrected chi connectivity index (χ3v) is 4.39. The van der Waals surface area contributed by atoms with Crippen LogP contribution in [-0.2, 0) is 4.79 Å². The fourth-order valence-electron chi connectivity index (χ4n) is 3.33. The lowest BCUT2D eigenvalue weighted by molar-refractivity contribution is -0.137. The van der Waals surface area contributed by atoms with Gasteiger partial charge in [0.2, 0.25) is 5.91 Å². The number of hydrogen-bond acceptors (Lipinski definition) is 3. The van der Waals surface area contributed by atoms with Gasteiger partial charge < -0.3 is 10.0 Å². The summed E-state index contributed by atoms with van der Waals surface area (Å²) in [5.41, 5.74) is 0. The Labute approximate surface area is 96.2 Å². The molecule has 3 rings (SSSR count). The molecule has 0 aliphatic carbocycles. The Morgan fingerprint density at radius 3 is 2.31 bits per heavy atom. The Balaban J connectivity index is 1.60. The highest BCUT2D eigenvalue weighted by Crippen LogP contribution is 2.35. The van der Waals surface area contributed by atoms with Crippen LogP contribution < -0.4 is 0 Å². The molecule has 3 fully saturated rings. The van der Waals surface area contributed by atoms with E-state index in [-0.39, 0.29) is 6.10 Å². The van der Waals surface area contributed by atoms with Crippen molar-refractivity contribution in [2.24, 2.45) is 0 Å². The monoisotopic (exact) mass is 224 g/mol. The maximum absolute atomic E-state index is 11.9. The van der Waals surface area contributed by atoms with E-state index >= 15 is 0 Å². The van der Waals surface area contributed by atoms with Crippen molar-refractivity contribution in [1.82, 2.24) is 9.80 Å². The minimum absolute atomic E-state index is 0.132. The molecule has 0 aromatic heterocycles. The van der Waals surface area contributed by atoms with Gasteiger partial charge in [0.05, 0.1) is 12.6 Å². The van der Waals surface area contributed by atoms with Gasteiger partial charge in [-0.3, -0.25) is 9.69 Å². The zero-order valence-electron chi connectivity index (χ0n) is 9.64. The third-order valence-electron chi connectivity index (χ3n) is 4.39. The first-order valence-corrected chi connectivity index (χ1v) is 6.45. The summed E-state index contributed by atoms with van der Waals surface area (Å²) in [5, 5.41) is 9.69. The number of nitrogens with zero attached hydrogens (tertiary/aromatic N) is 2. The summed E-state index contributed by atoms with van der Waals surface area (Å²) in [4.78, 5) is 16.2. The van der Waals surface area contributed by atoms with Crippen molar-refractivity contribution in [3.63, 3.8) is 0 Å². The molecule has 16 heavy (non-hydrogen) atoms. The zero-order valence-corrected chi connectivity index (χ0v) is 9.64. The first-order valence-electron chi connectivity index (χ1n) is 6.45. The number of aliphatic hydroxyl groups is 1. The number of carbonyl (C=O) groups is 1. The Hall–Kier alpha value is -0.610. The Morgan fingerprint density at radius 2 is 1.81 bits per heavy atom. The second-order valence-electron chi connectivity index (χ2n) is 5.42. The van der Waals surface area contributed by atoms with Gasteiger partial charge >= 0.3 is 0 Å². The minimum Gasteiger partial charge on any atom is -0.393 e. The van der Waals surface area contributed by atoms with Gasteiger partial charge in [0, 0.05) is 25.2 Å². The van der Waals surface area contributed by atoms with Crippen molar-refractivity contribution in [2.45, 2.75) is 50.3 Å². The van der Waals surface area contributed by atoms with Crippen LogP contribution in [0.3, 0.4) is 0 Å². The van der Waals surface area contributed by atoms with E-state index in [0.717, 1.165) is 45.2 Å². The summed E-state index contributed by atoms with van der Waals surface area (Å²) >= 11 is 0. The topological polar surface area (TPSA) is 43.8 Å². The number of carbonyl (C=O) groups excluding carboxylic acids is 1. The molecule has 3 aliphatic rings. The van der Waals surface area contributed by atoms with Crippen LogP contribution in [0.1, 0.15) is 32.1 Å². The van der Waals surface area contributed by atoms with Crippen LogP contribution in [0.2, 0.25) is 0 Å². The normalized spacial score (nSPS) is 38.6. The lowest BCUT2D eigenvalue weighted by Gasteiger charge is -2.39. The van der Waals surface area contributed by atoms with Gasteiger partial charge in [0.25, 0.3) is 0 Å². The fraction of sp³-hybridized carbons (Fsp3) is 0.917. The molecule has 0 aromatic carbocycles. The molecule has 0 saturated carbocycles. The molecule has 3 aliphatic heterocycles. The van der Waals surface area contributed by atoms with Crippen LogP contribution in [0.25, 0.3) is 0 Å². The smallest absolute Gasteiger partial charge is 0.236 e. The number of likely N-dealkylation sites (tertiary alicyclic amines) is 1. The lowest BCUT2D eigenvalue weighted by atomic mass is 10.00. The second kappa shape index (κ2) is 4.00. The summed E-state index contributed by atoms with van der Waals surface area (Å²) in [6.45, 7) is 2.48. The van der Waals surface area contributed by atoms with Crippen molar-refractivity contribution in [3.8, 4) is 0 Å². The Morgan fingerprint density at radius 1 is 1.19 bits per heavy atom. The summed E-state index contributed by atoms with van der Waals surface area (Å²) in [7, 11) is 0. The van der Waals surface area contributed by atoms with E-state index in [1.54, 1.807) is 0 Å².